The molecule has 104 valence electrons. The molecule has 1 aromatic heterocycles. The molecule has 1 saturated carbocycles. The molecule has 0 atom stereocenters. The van der Waals surface area contributed by atoms with Gasteiger partial charge in [-0.25, -0.2) is 4.79 Å². The number of tetrazole rings is 1. The van der Waals surface area contributed by atoms with Crippen molar-refractivity contribution in [1.29, 1.82) is 0 Å². The number of carbonyl (C=O) groups excluding carboxylic acids is 1. The van der Waals surface area contributed by atoms with Crippen LogP contribution in [0.5, 0.6) is 0 Å². The second-order valence-electron chi connectivity index (χ2n) is 4.70. The summed E-state index contributed by atoms with van der Waals surface area (Å²) in [6, 6.07) is -0.527. The molecule has 1 aromatic rings. The zero-order chi connectivity index (χ0) is 13.9. The van der Waals surface area contributed by atoms with Gasteiger partial charge in [0.25, 0.3) is 5.95 Å². The summed E-state index contributed by atoms with van der Waals surface area (Å²) >= 11 is 0. The first-order valence-electron chi connectivity index (χ1n) is 6.04. The second kappa shape index (κ2) is 5.21. The Hall–Kier alpha value is -2.19. The number of amides is 2. The summed E-state index contributed by atoms with van der Waals surface area (Å²) < 4.78 is 0. The van der Waals surface area contributed by atoms with Crippen LogP contribution in [0.3, 0.4) is 0 Å². The van der Waals surface area contributed by atoms with E-state index in [0.717, 1.165) is 12.8 Å². The summed E-state index contributed by atoms with van der Waals surface area (Å²) in [5.74, 6) is -0.779. The third-order valence-corrected chi connectivity index (χ3v) is 3.34. The largest absolute Gasteiger partial charge is 0.481 e. The number of urea groups is 1. The predicted molar refractivity (Wildman–Crippen MR) is 64.4 cm³/mol. The number of rotatable bonds is 4. The van der Waals surface area contributed by atoms with Crippen molar-refractivity contribution < 1.29 is 14.7 Å². The minimum Gasteiger partial charge on any atom is -0.481 e. The average Bonchev–Trinajstić information content (AvgIpc) is 2.97. The van der Waals surface area contributed by atoms with Gasteiger partial charge in [-0.1, -0.05) is 17.9 Å². The summed E-state index contributed by atoms with van der Waals surface area (Å²) in [4.78, 5) is 24.1. The Morgan fingerprint density at radius 3 is 2.63 bits per heavy atom. The van der Waals surface area contributed by atoms with Gasteiger partial charge in [-0.05, 0) is 18.1 Å². The Morgan fingerprint density at radius 1 is 1.42 bits per heavy atom. The van der Waals surface area contributed by atoms with E-state index in [1.54, 1.807) is 7.05 Å². The average molecular weight is 268 g/mol. The number of carboxylic acid groups (broad SMARTS) is 1. The van der Waals surface area contributed by atoms with Gasteiger partial charge in [0.1, 0.15) is 0 Å². The molecular weight excluding hydrogens is 252 g/mol. The maximum Gasteiger partial charge on any atom is 0.321 e. The Morgan fingerprint density at radius 2 is 2.11 bits per heavy atom. The summed E-state index contributed by atoms with van der Waals surface area (Å²) in [5, 5.41) is 25.2. The van der Waals surface area contributed by atoms with Gasteiger partial charge in [0, 0.05) is 6.54 Å². The number of hydrogen-bond acceptors (Lipinski definition) is 5. The van der Waals surface area contributed by atoms with Crippen LogP contribution in [0.2, 0.25) is 0 Å². The summed E-state index contributed by atoms with van der Waals surface area (Å²) in [7, 11) is 1.58. The van der Waals surface area contributed by atoms with Crippen LogP contribution in [0.1, 0.15) is 25.7 Å². The van der Waals surface area contributed by atoms with Crippen LogP contribution in [0.4, 0.5) is 10.7 Å². The molecule has 2 amide bonds. The third kappa shape index (κ3) is 2.98. The summed E-state index contributed by atoms with van der Waals surface area (Å²) in [6.45, 7) is 0.106. The molecule has 9 nitrogen and oxygen atoms in total. The fraction of sp³-hybridized carbons (Fsp3) is 0.700. The van der Waals surface area contributed by atoms with Crippen LogP contribution in [-0.4, -0.2) is 43.9 Å². The van der Waals surface area contributed by atoms with Crippen LogP contribution in [-0.2, 0) is 11.8 Å². The van der Waals surface area contributed by atoms with Gasteiger partial charge in [-0.3, -0.25) is 10.1 Å². The van der Waals surface area contributed by atoms with Crippen molar-refractivity contribution in [2.75, 3.05) is 11.9 Å². The molecule has 2 rings (SSSR count). The summed E-state index contributed by atoms with van der Waals surface area (Å²) in [5.41, 5.74) is -0.840. The predicted octanol–water partition coefficient (Wildman–Crippen LogP) is -0.0234. The smallest absolute Gasteiger partial charge is 0.321 e. The van der Waals surface area contributed by atoms with Gasteiger partial charge in [-0.15, -0.1) is 5.10 Å². The highest BCUT2D eigenvalue weighted by atomic mass is 16.4. The van der Waals surface area contributed by atoms with E-state index in [9.17, 15) is 14.7 Å². The van der Waals surface area contributed by atoms with Gasteiger partial charge >= 0.3 is 12.0 Å². The van der Waals surface area contributed by atoms with E-state index in [4.69, 9.17) is 0 Å². The second-order valence-corrected chi connectivity index (χ2v) is 4.70. The maximum absolute atomic E-state index is 11.6. The fourth-order valence-corrected chi connectivity index (χ4v) is 2.25. The van der Waals surface area contributed by atoms with E-state index in [-0.39, 0.29) is 12.5 Å². The number of hydrogen-bond donors (Lipinski definition) is 3. The maximum atomic E-state index is 11.6. The zero-order valence-corrected chi connectivity index (χ0v) is 10.6. The van der Waals surface area contributed by atoms with Crippen molar-refractivity contribution in [2.24, 2.45) is 12.5 Å². The lowest BCUT2D eigenvalue weighted by Crippen LogP contribution is -2.42. The van der Waals surface area contributed by atoms with Gasteiger partial charge in [0.2, 0.25) is 0 Å². The van der Waals surface area contributed by atoms with Crippen molar-refractivity contribution in [3.8, 4) is 0 Å². The minimum absolute atomic E-state index is 0.0794. The van der Waals surface area contributed by atoms with Crippen molar-refractivity contribution in [3.63, 3.8) is 0 Å². The third-order valence-electron chi connectivity index (χ3n) is 3.34. The molecule has 0 aliphatic heterocycles. The standard InChI is InChI=1S/C10H16N6O3/c1-16-14-8(13-15-16)12-9(19)11-6-10(7(17)18)4-2-3-5-10/h2-6H2,1H3,(H,17,18)(H2,11,12,14,19). The van der Waals surface area contributed by atoms with E-state index in [2.05, 4.69) is 26.0 Å². The van der Waals surface area contributed by atoms with Crippen LogP contribution in [0.15, 0.2) is 0 Å². The Balaban J connectivity index is 1.87. The molecule has 1 aliphatic carbocycles. The molecule has 1 fully saturated rings. The zero-order valence-electron chi connectivity index (χ0n) is 10.6. The lowest BCUT2D eigenvalue weighted by molar-refractivity contribution is -0.148. The first kappa shape index (κ1) is 13.2. The first-order chi connectivity index (χ1) is 9.02. The molecule has 0 aromatic carbocycles. The van der Waals surface area contributed by atoms with Crippen molar-refractivity contribution in [2.45, 2.75) is 25.7 Å². The van der Waals surface area contributed by atoms with Crippen LogP contribution in [0.25, 0.3) is 0 Å². The topological polar surface area (TPSA) is 122 Å². The fourth-order valence-electron chi connectivity index (χ4n) is 2.25. The highest BCUT2D eigenvalue weighted by molar-refractivity contribution is 5.87. The number of anilines is 1. The highest BCUT2D eigenvalue weighted by Gasteiger charge is 2.41. The highest BCUT2D eigenvalue weighted by Crippen LogP contribution is 2.37. The number of aliphatic carboxylic acids is 1. The number of carbonyl (C=O) groups is 2. The molecule has 1 heterocycles. The normalized spacial score (nSPS) is 17.1. The molecule has 0 saturated heterocycles. The molecule has 0 spiro atoms. The summed E-state index contributed by atoms with van der Waals surface area (Å²) in [6.07, 6.45) is 2.93. The molecule has 1 aliphatic rings. The van der Waals surface area contributed by atoms with E-state index < -0.39 is 17.4 Å². The number of carboxylic acids is 1. The lowest BCUT2D eigenvalue weighted by atomic mass is 9.86. The first-order valence-corrected chi connectivity index (χ1v) is 6.04. The number of nitrogens with zero attached hydrogens (tertiary/aromatic N) is 4. The van der Waals surface area contributed by atoms with Crippen LogP contribution in [0, 0.1) is 5.41 Å². The molecular formula is C10H16N6O3. The van der Waals surface area contributed by atoms with Gasteiger partial charge < -0.3 is 10.4 Å². The Labute approximate surface area is 109 Å². The Kier molecular flexibility index (Phi) is 3.63. The Bertz CT molecular complexity index is 479. The van der Waals surface area contributed by atoms with Crippen LogP contribution >= 0.6 is 0 Å². The minimum atomic E-state index is -0.858. The van der Waals surface area contributed by atoms with Crippen LogP contribution < -0.4 is 10.6 Å². The molecule has 9 heteroatoms. The number of aryl methyl sites for hydroxylation is 1. The number of nitrogens with one attached hydrogen (secondary N) is 2. The van der Waals surface area contributed by atoms with Crippen molar-refractivity contribution >= 4 is 17.9 Å². The SMILES string of the molecule is Cn1nnc(NC(=O)NCC2(C(=O)O)CCCC2)n1. The number of aromatic nitrogens is 4. The van der Waals surface area contributed by atoms with E-state index in [0.29, 0.717) is 12.8 Å². The van der Waals surface area contributed by atoms with E-state index in [1.807, 2.05) is 0 Å². The molecule has 0 radical (unpaired) electrons. The van der Waals surface area contributed by atoms with E-state index in [1.165, 1.54) is 4.80 Å². The van der Waals surface area contributed by atoms with Gasteiger partial charge in [0.05, 0.1) is 12.5 Å². The quantitative estimate of drug-likeness (QED) is 0.705. The van der Waals surface area contributed by atoms with Crippen molar-refractivity contribution in [3.05, 3.63) is 0 Å². The van der Waals surface area contributed by atoms with Gasteiger partial charge in [0.15, 0.2) is 0 Å². The molecule has 0 bridgehead atoms. The molecule has 0 unspecified atom stereocenters. The lowest BCUT2D eigenvalue weighted by Gasteiger charge is -2.23. The van der Waals surface area contributed by atoms with Gasteiger partial charge in [-0.2, -0.15) is 4.80 Å². The monoisotopic (exact) mass is 268 g/mol. The molecule has 19 heavy (non-hydrogen) atoms. The van der Waals surface area contributed by atoms with Crippen molar-refractivity contribution in [1.82, 2.24) is 25.5 Å². The molecule has 3 N–H and O–H groups in total. The van der Waals surface area contributed by atoms with E-state index >= 15 is 0 Å².